The SMILES string of the molecule is C=NO/C=N\N. The van der Waals surface area contributed by atoms with Crippen LogP contribution in [0.3, 0.4) is 0 Å². The molecule has 0 fully saturated rings. The van der Waals surface area contributed by atoms with Crippen molar-refractivity contribution >= 4 is 13.1 Å². The average Bonchev–Trinajstić information content (AvgIpc) is 1.61. The Kier molecular flexibility index (Phi) is 3.24. The Morgan fingerprint density at radius 3 is 2.67 bits per heavy atom. The minimum absolute atomic E-state index is 0.979. The van der Waals surface area contributed by atoms with Crippen molar-refractivity contribution in [2.24, 2.45) is 16.1 Å². The number of hydrogen-bond donors (Lipinski definition) is 1. The van der Waals surface area contributed by atoms with Crippen molar-refractivity contribution in [2.45, 2.75) is 0 Å². The van der Waals surface area contributed by atoms with Crippen molar-refractivity contribution in [3.8, 4) is 0 Å². The molecule has 0 unspecified atom stereocenters. The first-order valence-corrected chi connectivity index (χ1v) is 1.25. The van der Waals surface area contributed by atoms with Gasteiger partial charge in [0.15, 0.2) is 0 Å². The first kappa shape index (κ1) is 4.94. The Labute approximate surface area is 35.3 Å². The molecule has 34 valence electrons. The van der Waals surface area contributed by atoms with E-state index in [1.165, 1.54) is 0 Å². The van der Waals surface area contributed by atoms with Crippen LogP contribution in [0.15, 0.2) is 10.3 Å². The predicted octanol–water partition coefficient (Wildman–Crippen LogP) is -0.479. The van der Waals surface area contributed by atoms with E-state index in [9.17, 15) is 0 Å². The summed E-state index contributed by atoms with van der Waals surface area (Å²) in [6, 6.07) is 0. The molecule has 4 heteroatoms. The van der Waals surface area contributed by atoms with E-state index in [1.807, 2.05) is 0 Å². The van der Waals surface area contributed by atoms with Crippen LogP contribution < -0.4 is 5.84 Å². The number of rotatable bonds is 2. The fraction of sp³-hybridized carbons (Fsp3) is 0. The monoisotopic (exact) mass is 87.0 g/mol. The fourth-order valence-corrected chi connectivity index (χ4v) is 0.0605. The van der Waals surface area contributed by atoms with E-state index in [-0.39, 0.29) is 0 Å². The predicted molar refractivity (Wildman–Crippen MR) is 23.3 cm³/mol. The van der Waals surface area contributed by atoms with Crippen molar-refractivity contribution in [3.05, 3.63) is 0 Å². The molecule has 0 aliphatic carbocycles. The minimum Gasteiger partial charge on any atom is -0.344 e. The van der Waals surface area contributed by atoms with Gasteiger partial charge in [0.05, 0.1) is 0 Å². The molecule has 0 bridgehead atoms. The molecule has 6 heavy (non-hydrogen) atoms. The molecule has 4 nitrogen and oxygen atoms in total. The molecule has 0 saturated heterocycles. The lowest BCUT2D eigenvalue weighted by Crippen LogP contribution is -1.82. The van der Waals surface area contributed by atoms with Crippen LogP contribution in [0.25, 0.3) is 0 Å². The summed E-state index contributed by atoms with van der Waals surface area (Å²) in [7, 11) is 0. The zero-order valence-electron chi connectivity index (χ0n) is 3.16. The third-order valence-corrected chi connectivity index (χ3v) is 0.183. The first-order valence-electron chi connectivity index (χ1n) is 1.25. The van der Waals surface area contributed by atoms with Gasteiger partial charge >= 0.3 is 0 Å². The van der Waals surface area contributed by atoms with Gasteiger partial charge in [0.25, 0.3) is 0 Å². The molecule has 0 aromatic rings. The van der Waals surface area contributed by atoms with E-state index in [0.717, 1.165) is 6.40 Å². The molecular formula is C2H5N3O. The van der Waals surface area contributed by atoms with Gasteiger partial charge in [-0.25, -0.2) is 0 Å². The summed E-state index contributed by atoms with van der Waals surface area (Å²) in [6.45, 7) is 2.98. The molecular weight excluding hydrogens is 82.0 g/mol. The van der Waals surface area contributed by atoms with Gasteiger partial charge in [-0.2, -0.15) is 0 Å². The van der Waals surface area contributed by atoms with Crippen LogP contribution >= 0.6 is 0 Å². The van der Waals surface area contributed by atoms with Gasteiger partial charge < -0.3 is 10.7 Å². The van der Waals surface area contributed by atoms with Crippen LogP contribution in [0, 0.1) is 0 Å². The number of oxime groups is 1. The summed E-state index contributed by atoms with van der Waals surface area (Å²) in [6.07, 6.45) is 0.979. The second-order valence-electron chi connectivity index (χ2n) is 0.489. The van der Waals surface area contributed by atoms with Gasteiger partial charge in [-0.05, 0) is 0 Å². The third-order valence-electron chi connectivity index (χ3n) is 0.183. The van der Waals surface area contributed by atoms with Gasteiger partial charge in [-0.15, -0.1) is 5.10 Å². The first-order chi connectivity index (χ1) is 2.91. The molecule has 0 aliphatic rings. The normalized spacial score (nSPS) is 8.67. The van der Waals surface area contributed by atoms with E-state index in [0.29, 0.717) is 0 Å². The van der Waals surface area contributed by atoms with Crippen LogP contribution in [0.1, 0.15) is 0 Å². The molecule has 0 saturated carbocycles. The van der Waals surface area contributed by atoms with E-state index >= 15 is 0 Å². The van der Waals surface area contributed by atoms with E-state index in [4.69, 9.17) is 0 Å². The van der Waals surface area contributed by atoms with Gasteiger partial charge in [0.2, 0.25) is 6.40 Å². The Hall–Kier alpha value is -1.06. The summed E-state index contributed by atoms with van der Waals surface area (Å²) >= 11 is 0. The summed E-state index contributed by atoms with van der Waals surface area (Å²) < 4.78 is 0. The van der Waals surface area contributed by atoms with Crippen LogP contribution in [-0.2, 0) is 4.84 Å². The highest BCUT2D eigenvalue weighted by Gasteiger charge is 1.55. The van der Waals surface area contributed by atoms with Gasteiger partial charge in [0, 0.05) is 6.72 Å². The van der Waals surface area contributed by atoms with Crippen molar-refractivity contribution in [2.75, 3.05) is 0 Å². The minimum atomic E-state index is 0.979. The number of nitrogens with two attached hydrogens (primary N) is 1. The fourth-order valence-electron chi connectivity index (χ4n) is 0.0605. The largest absolute Gasteiger partial charge is 0.344 e. The maximum atomic E-state index is 4.57. The van der Waals surface area contributed by atoms with E-state index < -0.39 is 0 Å². The highest BCUT2D eigenvalue weighted by Crippen LogP contribution is 1.57. The van der Waals surface area contributed by atoms with Crippen molar-refractivity contribution in [3.63, 3.8) is 0 Å². The van der Waals surface area contributed by atoms with E-state index in [1.54, 1.807) is 0 Å². The smallest absolute Gasteiger partial charge is 0.228 e. The molecule has 0 aliphatic heterocycles. The van der Waals surface area contributed by atoms with Crippen molar-refractivity contribution in [1.29, 1.82) is 0 Å². The summed E-state index contributed by atoms with van der Waals surface area (Å²) in [4.78, 5) is 4.08. The maximum Gasteiger partial charge on any atom is 0.228 e. The molecule has 0 aromatic heterocycles. The quantitative estimate of drug-likeness (QED) is 0.214. The summed E-state index contributed by atoms with van der Waals surface area (Å²) in [5.74, 6) is 4.57. The highest BCUT2D eigenvalue weighted by atomic mass is 16.6. The molecule has 2 N–H and O–H groups in total. The van der Waals surface area contributed by atoms with Gasteiger partial charge in [0.1, 0.15) is 0 Å². The summed E-state index contributed by atoms with van der Waals surface area (Å²) in [5.41, 5.74) is 0. The Balaban J connectivity index is 2.85. The number of hydrogen-bond acceptors (Lipinski definition) is 4. The maximum absolute atomic E-state index is 4.57. The number of hydrazone groups is 1. The van der Waals surface area contributed by atoms with Crippen LogP contribution in [0.4, 0.5) is 0 Å². The lowest BCUT2D eigenvalue weighted by molar-refractivity contribution is 0.348. The molecule has 0 aromatic carbocycles. The second kappa shape index (κ2) is 3.94. The average molecular weight is 87.1 g/mol. The van der Waals surface area contributed by atoms with Gasteiger partial charge in [-0.3, -0.25) is 0 Å². The Morgan fingerprint density at radius 2 is 2.50 bits per heavy atom. The third kappa shape index (κ3) is 2.94. The van der Waals surface area contributed by atoms with E-state index in [2.05, 4.69) is 27.7 Å². The van der Waals surface area contributed by atoms with Gasteiger partial charge in [-0.1, -0.05) is 5.16 Å². The molecule has 0 amide bonds. The standard InChI is InChI=1S/C2H5N3O/c1-4-6-2-5-3/h2H,1,3H2/b5-2-. The van der Waals surface area contributed by atoms with Crippen LogP contribution in [0.2, 0.25) is 0 Å². The topological polar surface area (TPSA) is 60.0 Å². The van der Waals surface area contributed by atoms with Crippen molar-refractivity contribution in [1.82, 2.24) is 0 Å². The highest BCUT2D eigenvalue weighted by molar-refractivity contribution is 5.45. The Morgan fingerprint density at radius 1 is 1.83 bits per heavy atom. The molecule has 0 spiro atoms. The van der Waals surface area contributed by atoms with Crippen LogP contribution in [-0.4, -0.2) is 13.1 Å². The molecule has 0 atom stereocenters. The second-order valence-corrected chi connectivity index (χ2v) is 0.489. The van der Waals surface area contributed by atoms with Crippen molar-refractivity contribution < 1.29 is 4.84 Å². The Bertz CT molecular complexity index is 59.8. The lowest BCUT2D eigenvalue weighted by Gasteiger charge is -1.76. The zero-order valence-corrected chi connectivity index (χ0v) is 3.16. The summed E-state index contributed by atoms with van der Waals surface area (Å²) in [5, 5.41) is 5.89. The molecule has 0 heterocycles. The molecule has 0 rings (SSSR count). The zero-order chi connectivity index (χ0) is 4.83. The molecule has 0 radical (unpaired) electrons. The lowest BCUT2D eigenvalue weighted by atomic mass is 11.5. The number of nitrogens with zero attached hydrogens (tertiary/aromatic N) is 2. The van der Waals surface area contributed by atoms with Crippen LogP contribution in [0.5, 0.6) is 0 Å².